The number of esters is 1. The molecule has 2 aromatic carbocycles. The lowest BCUT2D eigenvalue weighted by Crippen LogP contribution is -2.18. The molecule has 0 fully saturated rings. The number of nitriles is 1. The average Bonchev–Trinajstić information content (AvgIpc) is 2.47. The van der Waals surface area contributed by atoms with Gasteiger partial charge in [0, 0.05) is 0 Å². The molecule has 2 aromatic rings. The quantitative estimate of drug-likeness (QED) is 0.638. The minimum atomic E-state index is -0.484. The summed E-state index contributed by atoms with van der Waals surface area (Å²) in [6.45, 7) is 3.69. The van der Waals surface area contributed by atoms with E-state index in [-0.39, 0.29) is 6.61 Å². The van der Waals surface area contributed by atoms with E-state index >= 15 is 0 Å². The predicted molar refractivity (Wildman–Crippen MR) is 78.2 cm³/mol. The molecule has 0 spiro atoms. The second-order valence-corrected chi connectivity index (χ2v) is 4.62. The van der Waals surface area contributed by atoms with Crippen LogP contribution in [0.4, 0.5) is 0 Å². The molecule has 4 heteroatoms. The van der Waals surface area contributed by atoms with Crippen LogP contribution in [0.5, 0.6) is 11.5 Å². The highest BCUT2D eigenvalue weighted by Crippen LogP contribution is 2.22. The molecule has 0 aliphatic heterocycles. The summed E-state index contributed by atoms with van der Waals surface area (Å²) in [6, 6.07) is 14.1. The zero-order chi connectivity index (χ0) is 15.2. The molecule has 0 N–H and O–H groups in total. The summed E-state index contributed by atoms with van der Waals surface area (Å²) >= 11 is 0. The third-order valence-electron chi connectivity index (χ3n) is 2.96. The van der Waals surface area contributed by atoms with Gasteiger partial charge in [-0.15, -0.1) is 0 Å². The molecule has 0 heterocycles. The molecule has 0 atom stereocenters. The standard InChI is InChI=1S/C17H15NO3/c1-12-4-3-5-13(2)17(12)20-11-16(19)21-15-8-6-14(10-18)7-9-15/h3-9H,11H2,1-2H3. The highest BCUT2D eigenvalue weighted by Gasteiger charge is 2.09. The molecule has 21 heavy (non-hydrogen) atoms. The van der Waals surface area contributed by atoms with Crippen LogP contribution in [-0.4, -0.2) is 12.6 Å². The number of hydrogen-bond donors (Lipinski definition) is 0. The number of benzene rings is 2. The van der Waals surface area contributed by atoms with Gasteiger partial charge in [0.05, 0.1) is 11.6 Å². The van der Waals surface area contributed by atoms with Gasteiger partial charge in [0.15, 0.2) is 6.61 Å². The highest BCUT2D eigenvalue weighted by atomic mass is 16.6. The van der Waals surface area contributed by atoms with Crippen LogP contribution in [0, 0.1) is 25.2 Å². The molecule has 0 aliphatic carbocycles. The fourth-order valence-electron chi connectivity index (χ4n) is 1.92. The van der Waals surface area contributed by atoms with E-state index in [1.54, 1.807) is 24.3 Å². The summed E-state index contributed by atoms with van der Waals surface area (Å²) in [5.74, 6) is 0.612. The van der Waals surface area contributed by atoms with Crippen LogP contribution in [-0.2, 0) is 4.79 Å². The predicted octanol–water partition coefficient (Wildman–Crippen LogP) is 3.16. The monoisotopic (exact) mass is 281 g/mol. The third kappa shape index (κ3) is 3.83. The molecule has 0 unspecified atom stereocenters. The Labute approximate surface area is 123 Å². The first-order valence-corrected chi connectivity index (χ1v) is 6.50. The Balaban J connectivity index is 1.94. The van der Waals surface area contributed by atoms with Gasteiger partial charge in [-0.2, -0.15) is 5.26 Å². The molecule has 106 valence electrons. The zero-order valence-electron chi connectivity index (χ0n) is 11.9. The smallest absolute Gasteiger partial charge is 0.349 e. The van der Waals surface area contributed by atoms with Crippen molar-refractivity contribution in [2.75, 3.05) is 6.61 Å². The van der Waals surface area contributed by atoms with Crippen molar-refractivity contribution in [2.24, 2.45) is 0 Å². The first-order chi connectivity index (χ1) is 10.1. The molecule has 4 nitrogen and oxygen atoms in total. The second kappa shape index (κ2) is 6.58. The van der Waals surface area contributed by atoms with Gasteiger partial charge in [0.1, 0.15) is 11.5 Å². The van der Waals surface area contributed by atoms with Gasteiger partial charge in [-0.25, -0.2) is 4.79 Å². The minimum absolute atomic E-state index is 0.161. The van der Waals surface area contributed by atoms with E-state index in [1.165, 1.54) is 0 Å². The lowest BCUT2D eigenvalue weighted by atomic mass is 10.1. The number of nitrogens with zero attached hydrogens (tertiary/aromatic N) is 1. The van der Waals surface area contributed by atoms with Crippen molar-refractivity contribution in [1.82, 2.24) is 0 Å². The van der Waals surface area contributed by atoms with Gasteiger partial charge in [-0.05, 0) is 49.2 Å². The van der Waals surface area contributed by atoms with Crippen molar-refractivity contribution >= 4 is 5.97 Å². The Hall–Kier alpha value is -2.80. The SMILES string of the molecule is Cc1cccc(C)c1OCC(=O)Oc1ccc(C#N)cc1. The molecular formula is C17H15NO3. The summed E-state index contributed by atoms with van der Waals surface area (Å²) in [4.78, 5) is 11.8. The Kier molecular flexibility index (Phi) is 4.57. The number of para-hydroxylation sites is 1. The molecule has 0 radical (unpaired) electrons. The van der Waals surface area contributed by atoms with Crippen molar-refractivity contribution in [2.45, 2.75) is 13.8 Å². The van der Waals surface area contributed by atoms with E-state index < -0.39 is 5.97 Å². The molecule has 0 amide bonds. The number of aryl methyl sites for hydroxylation is 2. The van der Waals surface area contributed by atoms with Crippen LogP contribution in [0.1, 0.15) is 16.7 Å². The van der Waals surface area contributed by atoms with Gasteiger partial charge in [0.2, 0.25) is 0 Å². The van der Waals surface area contributed by atoms with Crippen molar-refractivity contribution in [3.05, 3.63) is 59.2 Å². The van der Waals surface area contributed by atoms with Crippen LogP contribution < -0.4 is 9.47 Å². The topological polar surface area (TPSA) is 59.3 Å². The lowest BCUT2D eigenvalue weighted by molar-refractivity contribution is -0.136. The average molecular weight is 281 g/mol. The van der Waals surface area contributed by atoms with Gasteiger partial charge >= 0.3 is 5.97 Å². The Morgan fingerprint density at radius 2 is 1.71 bits per heavy atom. The van der Waals surface area contributed by atoms with Crippen LogP contribution in [0.25, 0.3) is 0 Å². The Morgan fingerprint density at radius 3 is 2.29 bits per heavy atom. The molecule has 0 saturated carbocycles. The van der Waals surface area contributed by atoms with E-state index in [0.29, 0.717) is 17.1 Å². The molecular weight excluding hydrogens is 266 g/mol. The van der Waals surface area contributed by atoms with Crippen LogP contribution in [0.2, 0.25) is 0 Å². The van der Waals surface area contributed by atoms with Crippen LogP contribution in [0.15, 0.2) is 42.5 Å². The number of ether oxygens (including phenoxy) is 2. The second-order valence-electron chi connectivity index (χ2n) is 4.62. The van der Waals surface area contributed by atoms with Gasteiger partial charge in [0.25, 0.3) is 0 Å². The van der Waals surface area contributed by atoms with Gasteiger partial charge in [-0.3, -0.25) is 0 Å². The maximum Gasteiger partial charge on any atom is 0.349 e. The third-order valence-corrected chi connectivity index (χ3v) is 2.96. The van der Waals surface area contributed by atoms with Crippen molar-refractivity contribution in [1.29, 1.82) is 5.26 Å². The summed E-state index contributed by atoms with van der Waals surface area (Å²) in [7, 11) is 0. The Morgan fingerprint density at radius 1 is 1.10 bits per heavy atom. The van der Waals surface area contributed by atoms with Crippen LogP contribution in [0.3, 0.4) is 0 Å². The minimum Gasteiger partial charge on any atom is -0.481 e. The molecule has 0 aliphatic rings. The summed E-state index contributed by atoms with van der Waals surface area (Å²) in [6.07, 6.45) is 0. The van der Waals surface area contributed by atoms with E-state index in [0.717, 1.165) is 11.1 Å². The van der Waals surface area contributed by atoms with E-state index in [9.17, 15) is 4.79 Å². The molecule has 0 saturated heterocycles. The normalized spacial score (nSPS) is 9.76. The number of carbonyl (C=O) groups is 1. The number of hydrogen-bond acceptors (Lipinski definition) is 4. The van der Waals surface area contributed by atoms with E-state index in [4.69, 9.17) is 14.7 Å². The number of rotatable bonds is 4. The van der Waals surface area contributed by atoms with Gasteiger partial charge in [-0.1, -0.05) is 18.2 Å². The first kappa shape index (κ1) is 14.6. The fourth-order valence-corrected chi connectivity index (χ4v) is 1.92. The van der Waals surface area contributed by atoms with Crippen LogP contribution >= 0.6 is 0 Å². The van der Waals surface area contributed by atoms with Gasteiger partial charge < -0.3 is 9.47 Å². The maximum atomic E-state index is 11.8. The lowest BCUT2D eigenvalue weighted by Gasteiger charge is -2.11. The van der Waals surface area contributed by atoms with Crippen molar-refractivity contribution in [3.8, 4) is 17.6 Å². The fraction of sp³-hybridized carbons (Fsp3) is 0.176. The largest absolute Gasteiger partial charge is 0.481 e. The molecule has 0 bridgehead atoms. The summed E-state index contributed by atoms with van der Waals surface area (Å²) in [5.41, 5.74) is 2.46. The van der Waals surface area contributed by atoms with Crippen molar-refractivity contribution < 1.29 is 14.3 Å². The first-order valence-electron chi connectivity index (χ1n) is 6.50. The Bertz CT molecular complexity index is 664. The molecule has 0 aromatic heterocycles. The summed E-state index contributed by atoms with van der Waals surface area (Å²) < 4.78 is 10.7. The summed E-state index contributed by atoms with van der Waals surface area (Å²) in [5, 5.41) is 8.69. The maximum absolute atomic E-state index is 11.8. The zero-order valence-corrected chi connectivity index (χ0v) is 11.9. The number of carbonyl (C=O) groups excluding carboxylic acids is 1. The highest BCUT2D eigenvalue weighted by molar-refractivity contribution is 5.74. The van der Waals surface area contributed by atoms with Crippen molar-refractivity contribution in [3.63, 3.8) is 0 Å². The van der Waals surface area contributed by atoms with E-state index in [1.807, 2.05) is 38.1 Å². The molecule has 2 rings (SSSR count). The van der Waals surface area contributed by atoms with E-state index in [2.05, 4.69) is 0 Å².